The first-order chi connectivity index (χ1) is 7.22. The maximum Gasteiger partial charge on any atom is 0.173 e. The van der Waals surface area contributed by atoms with E-state index in [0.29, 0.717) is 15.9 Å². The Bertz CT molecular complexity index is 522. The molecule has 1 nitrogen and oxygen atoms in total. The van der Waals surface area contributed by atoms with E-state index in [0.717, 1.165) is 10.8 Å². The molecule has 0 radical (unpaired) electrons. The lowest BCUT2D eigenvalue weighted by Gasteiger charge is -2.04. The molecular weight excluding hydrogens is 275 g/mol. The average Bonchev–Trinajstić information content (AvgIpc) is 2.27. The van der Waals surface area contributed by atoms with Crippen LogP contribution in [-0.4, -0.2) is 11.1 Å². The Balaban J connectivity index is 2.74. The lowest BCUT2D eigenvalue weighted by Crippen LogP contribution is -2.00. The lowest BCUT2D eigenvalue weighted by molar-refractivity contribution is 0.102. The molecule has 15 heavy (non-hydrogen) atoms. The van der Waals surface area contributed by atoms with Gasteiger partial charge in [0.25, 0.3) is 0 Å². The summed E-state index contributed by atoms with van der Waals surface area (Å²) in [5.74, 6) is 0.0721. The molecule has 0 fully saturated rings. The average molecular weight is 284 g/mol. The van der Waals surface area contributed by atoms with Gasteiger partial charge in [0, 0.05) is 10.6 Å². The minimum absolute atomic E-state index is 0.0721. The second kappa shape index (κ2) is 4.33. The van der Waals surface area contributed by atoms with Gasteiger partial charge in [0.1, 0.15) is 0 Å². The summed E-state index contributed by atoms with van der Waals surface area (Å²) < 4.78 is 0. The molecule has 0 bridgehead atoms. The van der Waals surface area contributed by atoms with Crippen molar-refractivity contribution in [2.24, 2.45) is 0 Å². The molecule has 0 atom stereocenters. The molecule has 2 aromatic rings. The van der Waals surface area contributed by atoms with Crippen molar-refractivity contribution < 1.29 is 4.79 Å². The highest BCUT2D eigenvalue weighted by Gasteiger charge is 2.08. The molecule has 0 amide bonds. The maximum atomic E-state index is 11.6. The fourth-order valence-electron chi connectivity index (χ4n) is 1.56. The summed E-state index contributed by atoms with van der Waals surface area (Å²) in [4.78, 5) is 11.6. The molecule has 0 unspecified atom stereocenters. The first kappa shape index (κ1) is 10.7. The Morgan fingerprint density at radius 2 is 2.07 bits per heavy atom. The summed E-state index contributed by atoms with van der Waals surface area (Å²) in [7, 11) is 0. The number of benzene rings is 2. The van der Waals surface area contributed by atoms with Gasteiger partial charge in [0.15, 0.2) is 5.78 Å². The Labute approximate surface area is 101 Å². The smallest absolute Gasteiger partial charge is 0.173 e. The highest BCUT2D eigenvalue weighted by Crippen LogP contribution is 2.23. The number of rotatable bonds is 2. The van der Waals surface area contributed by atoms with Gasteiger partial charge in [-0.15, -0.1) is 0 Å². The van der Waals surface area contributed by atoms with Crippen LogP contribution in [0.3, 0.4) is 0 Å². The van der Waals surface area contributed by atoms with E-state index in [1.54, 1.807) is 0 Å². The van der Waals surface area contributed by atoms with Gasteiger partial charge in [-0.1, -0.05) is 51.8 Å². The Kier molecular flexibility index (Phi) is 3.08. The number of Topliss-reactive ketones (excluding diaryl/α,β-unsaturated/α-hetero) is 1. The van der Waals surface area contributed by atoms with E-state index in [-0.39, 0.29) is 5.78 Å². The van der Waals surface area contributed by atoms with Crippen molar-refractivity contribution in [2.75, 3.05) is 5.33 Å². The van der Waals surface area contributed by atoms with Crippen LogP contribution in [0.1, 0.15) is 10.4 Å². The van der Waals surface area contributed by atoms with E-state index in [2.05, 4.69) is 15.9 Å². The van der Waals surface area contributed by atoms with E-state index in [4.69, 9.17) is 11.6 Å². The number of halogens is 2. The predicted octanol–water partition coefficient (Wildman–Crippen LogP) is 4.07. The molecule has 2 rings (SSSR count). The lowest BCUT2D eigenvalue weighted by atomic mass is 10.0. The van der Waals surface area contributed by atoms with E-state index in [1.807, 2.05) is 36.4 Å². The van der Waals surface area contributed by atoms with Crippen LogP contribution in [0.2, 0.25) is 5.02 Å². The van der Waals surface area contributed by atoms with Crippen molar-refractivity contribution in [2.45, 2.75) is 0 Å². The number of carbonyl (C=O) groups excluding carboxylic acids is 1. The van der Waals surface area contributed by atoms with E-state index >= 15 is 0 Å². The maximum absolute atomic E-state index is 11.6. The number of hydrogen-bond acceptors (Lipinski definition) is 1. The monoisotopic (exact) mass is 282 g/mol. The zero-order valence-corrected chi connectivity index (χ0v) is 10.2. The minimum Gasteiger partial charge on any atom is -0.293 e. The van der Waals surface area contributed by atoms with Gasteiger partial charge >= 0.3 is 0 Å². The fourth-order valence-corrected chi connectivity index (χ4v) is 2.03. The summed E-state index contributed by atoms with van der Waals surface area (Å²) in [5.41, 5.74) is 0.715. The van der Waals surface area contributed by atoms with Crippen LogP contribution in [-0.2, 0) is 0 Å². The van der Waals surface area contributed by atoms with Crippen LogP contribution in [0.25, 0.3) is 10.8 Å². The van der Waals surface area contributed by atoms with Crippen molar-refractivity contribution in [3.8, 4) is 0 Å². The third-order valence-electron chi connectivity index (χ3n) is 2.27. The van der Waals surface area contributed by atoms with Crippen molar-refractivity contribution in [1.82, 2.24) is 0 Å². The predicted molar refractivity (Wildman–Crippen MR) is 67.1 cm³/mol. The van der Waals surface area contributed by atoms with Gasteiger partial charge in [-0.3, -0.25) is 4.79 Å². The van der Waals surface area contributed by atoms with E-state index in [9.17, 15) is 4.79 Å². The van der Waals surface area contributed by atoms with E-state index in [1.165, 1.54) is 0 Å². The van der Waals surface area contributed by atoms with Crippen molar-refractivity contribution in [1.29, 1.82) is 0 Å². The Hall–Kier alpha value is -0.860. The number of ketones is 1. The van der Waals surface area contributed by atoms with Crippen molar-refractivity contribution in [3.05, 3.63) is 47.0 Å². The second-order valence-electron chi connectivity index (χ2n) is 3.23. The van der Waals surface area contributed by atoms with Gasteiger partial charge in [-0.25, -0.2) is 0 Å². The molecule has 0 aliphatic rings. The van der Waals surface area contributed by atoms with Crippen LogP contribution < -0.4 is 0 Å². The molecule has 2 aromatic carbocycles. The first-order valence-corrected chi connectivity index (χ1v) is 6.00. The number of carbonyl (C=O) groups is 1. The Morgan fingerprint density at radius 1 is 1.27 bits per heavy atom. The second-order valence-corrected chi connectivity index (χ2v) is 4.23. The summed E-state index contributed by atoms with van der Waals surface area (Å²) in [6, 6.07) is 11.2. The summed E-state index contributed by atoms with van der Waals surface area (Å²) in [6.45, 7) is 0. The largest absolute Gasteiger partial charge is 0.293 e. The minimum atomic E-state index is 0.0721. The molecule has 0 spiro atoms. The summed E-state index contributed by atoms with van der Waals surface area (Å²) in [6.07, 6.45) is 0. The molecular formula is C12H8BrClO. The number of alkyl halides is 1. The topological polar surface area (TPSA) is 17.1 Å². The molecule has 0 saturated carbocycles. The van der Waals surface area contributed by atoms with Crippen LogP contribution in [0.5, 0.6) is 0 Å². The van der Waals surface area contributed by atoms with Gasteiger partial charge in [0.2, 0.25) is 0 Å². The van der Waals surface area contributed by atoms with Gasteiger partial charge in [0.05, 0.1) is 5.33 Å². The molecule has 0 heterocycles. The van der Waals surface area contributed by atoms with Crippen LogP contribution in [0, 0.1) is 0 Å². The molecule has 76 valence electrons. The molecule has 0 aliphatic heterocycles. The zero-order chi connectivity index (χ0) is 10.8. The molecule has 0 saturated heterocycles. The van der Waals surface area contributed by atoms with Crippen LogP contribution in [0.4, 0.5) is 0 Å². The van der Waals surface area contributed by atoms with E-state index < -0.39 is 0 Å². The molecule has 3 heteroatoms. The number of hydrogen-bond donors (Lipinski definition) is 0. The molecule has 0 N–H and O–H groups in total. The van der Waals surface area contributed by atoms with Crippen molar-refractivity contribution >= 4 is 44.1 Å². The zero-order valence-electron chi connectivity index (χ0n) is 7.84. The Morgan fingerprint density at radius 3 is 2.80 bits per heavy atom. The highest BCUT2D eigenvalue weighted by atomic mass is 79.9. The van der Waals surface area contributed by atoms with Crippen LogP contribution >= 0.6 is 27.5 Å². The standard InChI is InChI=1S/C12H8BrClO/c13-7-12(15)10-3-1-2-8-4-5-9(14)6-11(8)10/h1-6H,7H2. The SMILES string of the molecule is O=C(CBr)c1cccc2ccc(Cl)cc12. The molecule has 0 aromatic heterocycles. The van der Waals surface area contributed by atoms with Crippen molar-refractivity contribution in [3.63, 3.8) is 0 Å². The number of fused-ring (bicyclic) bond motifs is 1. The third-order valence-corrected chi connectivity index (χ3v) is 3.01. The summed E-state index contributed by atoms with van der Waals surface area (Å²) >= 11 is 9.09. The third kappa shape index (κ3) is 2.06. The van der Waals surface area contributed by atoms with Crippen LogP contribution in [0.15, 0.2) is 36.4 Å². The van der Waals surface area contributed by atoms with Gasteiger partial charge in [-0.2, -0.15) is 0 Å². The normalized spacial score (nSPS) is 10.5. The quantitative estimate of drug-likeness (QED) is 0.600. The highest BCUT2D eigenvalue weighted by molar-refractivity contribution is 9.09. The molecule has 0 aliphatic carbocycles. The first-order valence-electron chi connectivity index (χ1n) is 4.50. The summed E-state index contributed by atoms with van der Waals surface area (Å²) in [5, 5.41) is 2.93. The fraction of sp³-hybridized carbons (Fsp3) is 0.0833. The van der Waals surface area contributed by atoms with Gasteiger partial charge < -0.3 is 0 Å². The van der Waals surface area contributed by atoms with Gasteiger partial charge in [-0.05, 0) is 22.9 Å².